The van der Waals surface area contributed by atoms with Crippen LogP contribution in [0, 0.1) is 5.82 Å². The van der Waals surface area contributed by atoms with Crippen LogP contribution in [0.1, 0.15) is 36.6 Å². The molecule has 6 nitrogen and oxygen atoms in total. The number of benzene rings is 2. The van der Waals surface area contributed by atoms with E-state index >= 15 is 0 Å². The second kappa shape index (κ2) is 9.33. The molecule has 0 aliphatic heterocycles. The molecule has 0 saturated carbocycles. The number of rotatable bonds is 7. The number of hydrogen-bond acceptors (Lipinski definition) is 3. The molecule has 0 saturated heterocycles. The molecule has 0 fully saturated rings. The molecule has 0 unspecified atom stereocenters. The zero-order valence-corrected chi connectivity index (χ0v) is 19.2. The third-order valence-corrected chi connectivity index (χ3v) is 6.68. The Hall–Kier alpha value is -3.61. The Labute approximate surface area is 197 Å². The first-order valence-electron chi connectivity index (χ1n) is 11.8. The first-order chi connectivity index (χ1) is 16.5. The van der Waals surface area contributed by atoms with Crippen molar-refractivity contribution in [2.24, 2.45) is 0 Å². The number of aromatic nitrogens is 2. The molecule has 0 bridgehead atoms. The highest BCUT2D eigenvalue weighted by molar-refractivity contribution is 5.88. The van der Waals surface area contributed by atoms with Crippen LogP contribution < -0.4 is 5.32 Å². The van der Waals surface area contributed by atoms with Crippen LogP contribution in [0.4, 0.5) is 4.39 Å². The van der Waals surface area contributed by atoms with Gasteiger partial charge >= 0.3 is 5.97 Å². The molecule has 2 N–H and O–H groups in total. The van der Waals surface area contributed by atoms with Crippen molar-refractivity contribution in [3.05, 3.63) is 71.3 Å². The van der Waals surface area contributed by atoms with Gasteiger partial charge in [0.2, 0.25) is 5.91 Å². The van der Waals surface area contributed by atoms with Crippen LogP contribution >= 0.6 is 0 Å². The topological polar surface area (TPSA) is 76.1 Å². The third-order valence-electron chi connectivity index (χ3n) is 6.68. The molecule has 1 aliphatic rings. The summed E-state index contributed by atoms with van der Waals surface area (Å²) in [6, 6.07) is 12.7. The molecule has 34 heavy (non-hydrogen) atoms. The van der Waals surface area contributed by atoms with Gasteiger partial charge in [-0.3, -0.25) is 9.59 Å². The zero-order valence-electron chi connectivity index (χ0n) is 19.2. The predicted molar refractivity (Wildman–Crippen MR) is 129 cm³/mol. The van der Waals surface area contributed by atoms with E-state index in [-0.39, 0.29) is 30.3 Å². The number of aromatic amines is 1. The monoisotopic (exact) mass is 461 g/mol. The first kappa shape index (κ1) is 22.2. The first-order valence-corrected chi connectivity index (χ1v) is 11.8. The summed E-state index contributed by atoms with van der Waals surface area (Å²) in [5, 5.41) is 5.13. The van der Waals surface area contributed by atoms with Crippen molar-refractivity contribution in [3.8, 4) is 0 Å². The number of halogens is 1. The highest BCUT2D eigenvalue weighted by atomic mass is 19.1. The van der Waals surface area contributed by atoms with E-state index < -0.39 is 0 Å². The molecule has 2 aromatic heterocycles. The maximum atomic E-state index is 14.1. The minimum Gasteiger partial charge on any atom is -0.465 e. The van der Waals surface area contributed by atoms with Gasteiger partial charge in [0, 0.05) is 46.2 Å². The average molecular weight is 462 g/mol. The van der Waals surface area contributed by atoms with Crippen LogP contribution in [-0.4, -0.2) is 34.1 Å². The van der Waals surface area contributed by atoms with E-state index in [1.165, 1.54) is 12.1 Å². The van der Waals surface area contributed by atoms with Crippen LogP contribution in [-0.2, 0) is 40.1 Å². The maximum Gasteiger partial charge on any atom is 0.325 e. The summed E-state index contributed by atoms with van der Waals surface area (Å²) in [4.78, 5) is 28.2. The van der Waals surface area contributed by atoms with Gasteiger partial charge in [-0.1, -0.05) is 18.2 Å². The molecule has 5 rings (SSSR count). The number of carbonyl (C=O) groups excluding carboxylic acids is 2. The minimum atomic E-state index is -0.312. The van der Waals surface area contributed by atoms with Gasteiger partial charge in [0.05, 0.1) is 6.61 Å². The van der Waals surface area contributed by atoms with Gasteiger partial charge in [0.15, 0.2) is 0 Å². The smallest absolute Gasteiger partial charge is 0.325 e. The largest absolute Gasteiger partial charge is 0.465 e. The number of amides is 1. The van der Waals surface area contributed by atoms with Crippen LogP contribution in [0.15, 0.2) is 48.7 Å². The summed E-state index contributed by atoms with van der Waals surface area (Å²) >= 11 is 0. The summed E-state index contributed by atoms with van der Waals surface area (Å²) in [7, 11) is 0. The third kappa shape index (κ3) is 4.30. The van der Waals surface area contributed by atoms with Gasteiger partial charge in [-0.2, -0.15) is 0 Å². The summed E-state index contributed by atoms with van der Waals surface area (Å²) in [6.07, 6.45) is 5.13. The van der Waals surface area contributed by atoms with E-state index in [0.29, 0.717) is 32.3 Å². The lowest BCUT2D eigenvalue weighted by Crippen LogP contribution is -2.39. The number of H-pyrrole nitrogens is 1. The van der Waals surface area contributed by atoms with Crippen LogP contribution in [0.5, 0.6) is 0 Å². The number of hydrogen-bond donors (Lipinski definition) is 2. The van der Waals surface area contributed by atoms with E-state index in [1.807, 2.05) is 29.0 Å². The summed E-state index contributed by atoms with van der Waals surface area (Å²) in [5.74, 6) is -0.604. The van der Waals surface area contributed by atoms with Crippen LogP contribution in [0.3, 0.4) is 0 Å². The lowest BCUT2D eigenvalue weighted by molar-refractivity contribution is -0.143. The highest BCUT2D eigenvalue weighted by Crippen LogP contribution is 2.33. The van der Waals surface area contributed by atoms with E-state index in [1.54, 1.807) is 13.0 Å². The van der Waals surface area contributed by atoms with E-state index in [9.17, 15) is 14.0 Å². The minimum absolute atomic E-state index is 0.0140. The van der Waals surface area contributed by atoms with E-state index in [2.05, 4.69) is 16.4 Å². The quantitative estimate of drug-likeness (QED) is 0.400. The molecule has 2 aromatic carbocycles. The Morgan fingerprint density at radius 3 is 2.91 bits per heavy atom. The SMILES string of the molecule is CCOC(=O)Cn1c2c(c3cc(F)ccc31)C[C@@H](NC(=O)CCc1c[nH]c3ccccc13)CC2. The Kier molecular flexibility index (Phi) is 6.09. The van der Waals surface area contributed by atoms with Crippen molar-refractivity contribution in [1.29, 1.82) is 0 Å². The predicted octanol–water partition coefficient (Wildman–Crippen LogP) is 4.43. The lowest BCUT2D eigenvalue weighted by atomic mass is 9.91. The molecule has 176 valence electrons. The number of esters is 1. The van der Waals surface area contributed by atoms with Gasteiger partial charge in [-0.15, -0.1) is 0 Å². The number of carbonyl (C=O) groups is 2. The number of aryl methyl sites for hydroxylation is 1. The fraction of sp³-hybridized carbons (Fsp3) is 0.333. The van der Waals surface area contributed by atoms with Gasteiger partial charge < -0.3 is 19.6 Å². The van der Waals surface area contributed by atoms with Crippen molar-refractivity contribution in [2.75, 3.05) is 6.61 Å². The molecule has 2 heterocycles. The van der Waals surface area contributed by atoms with E-state index in [4.69, 9.17) is 4.74 Å². The highest BCUT2D eigenvalue weighted by Gasteiger charge is 2.27. The van der Waals surface area contributed by atoms with Crippen molar-refractivity contribution in [2.45, 2.75) is 51.6 Å². The second-order valence-corrected chi connectivity index (χ2v) is 8.84. The number of nitrogens with one attached hydrogen (secondary N) is 2. The fourth-order valence-corrected chi connectivity index (χ4v) is 5.15. The number of fused-ring (bicyclic) bond motifs is 4. The van der Waals surface area contributed by atoms with Gasteiger partial charge in [-0.25, -0.2) is 4.39 Å². The van der Waals surface area contributed by atoms with E-state index in [0.717, 1.165) is 45.0 Å². The van der Waals surface area contributed by atoms with Gasteiger partial charge in [-0.05, 0) is 68.0 Å². The zero-order chi connectivity index (χ0) is 23.7. The van der Waals surface area contributed by atoms with Crippen molar-refractivity contribution < 1.29 is 18.7 Å². The summed E-state index contributed by atoms with van der Waals surface area (Å²) in [6.45, 7) is 2.21. The normalized spacial score (nSPS) is 15.4. The van der Waals surface area contributed by atoms with Crippen molar-refractivity contribution in [3.63, 3.8) is 0 Å². The molecule has 4 aromatic rings. The molecule has 1 aliphatic carbocycles. The molecular weight excluding hydrogens is 433 g/mol. The Balaban J connectivity index is 1.30. The van der Waals surface area contributed by atoms with Crippen LogP contribution in [0.25, 0.3) is 21.8 Å². The Morgan fingerprint density at radius 1 is 1.21 bits per heavy atom. The van der Waals surface area contributed by atoms with Gasteiger partial charge in [0.25, 0.3) is 0 Å². The molecule has 0 radical (unpaired) electrons. The van der Waals surface area contributed by atoms with Crippen molar-refractivity contribution >= 4 is 33.7 Å². The molecule has 7 heteroatoms. The molecule has 0 spiro atoms. The number of ether oxygens (including phenoxy) is 1. The average Bonchev–Trinajstić information content (AvgIpc) is 3.37. The van der Waals surface area contributed by atoms with Crippen molar-refractivity contribution in [1.82, 2.24) is 14.9 Å². The lowest BCUT2D eigenvalue weighted by Gasteiger charge is -2.25. The Morgan fingerprint density at radius 2 is 2.06 bits per heavy atom. The number of nitrogens with zero attached hydrogens (tertiary/aromatic N) is 1. The Bertz CT molecular complexity index is 1370. The standard InChI is InChI=1S/C27H28FN3O3/c1-2-34-27(33)16-31-24-10-8-18(28)13-21(24)22-14-19(9-11-25(22)31)30-26(32)12-7-17-15-29-23-6-4-3-5-20(17)23/h3-6,8,10,13,15,19,29H,2,7,9,11-12,14,16H2,1H3,(H,30,32)/t19-/m0/s1. The number of para-hydroxylation sites is 1. The van der Waals surface area contributed by atoms with Gasteiger partial charge in [0.1, 0.15) is 12.4 Å². The molecular formula is C27H28FN3O3. The fourth-order valence-electron chi connectivity index (χ4n) is 5.15. The molecule has 1 amide bonds. The summed E-state index contributed by atoms with van der Waals surface area (Å²) < 4.78 is 21.2. The maximum absolute atomic E-state index is 14.1. The molecule has 1 atom stereocenters. The summed E-state index contributed by atoms with van der Waals surface area (Å²) in [5.41, 5.74) is 5.06. The second-order valence-electron chi connectivity index (χ2n) is 8.84. The van der Waals surface area contributed by atoms with Crippen LogP contribution in [0.2, 0.25) is 0 Å².